The molecule has 0 N–H and O–H groups in total. The van der Waals surface area contributed by atoms with E-state index in [2.05, 4.69) is 0 Å². The van der Waals surface area contributed by atoms with Crippen LogP contribution in [-0.2, 0) is 0 Å². The number of rotatable bonds is 2. The summed E-state index contributed by atoms with van der Waals surface area (Å²) in [6.45, 7) is 0. The Hall–Kier alpha value is -0.760. The van der Waals surface area contributed by atoms with Crippen molar-refractivity contribution in [3.05, 3.63) is 39.9 Å². The van der Waals surface area contributed by atoms with E-state index in [9.17, 15) is 17.8 Å². The molecule has 0 aliphatic heterocycles. The van der Waals surface area contributed by atoms with Gasteiger partial charge >= 0.3 is 0 Å². The van der Waals surface area contributed by atoms with Crippen LogP contribution in [0.3, 0.4) is 0 Å². The molecule has 0 bridgehead atoms. The lowest BCUT2D eigenvalue weighted by atomic mass is 10.2. The van der Waals surface area contributed by atoms with Gasteiger partial charge in [-0.25, -0.2) is 0 Å². The maximum atomic E-state index is 10.6. The smallest absolute Gasteiger partial charge is 0.270 e. The first-order chi connectivity index (χ1) is 6.61. The molecule has 0 atom stereocenters. The number of carbonyl (C=O) groups is 1. The number of carbonyl (C=O) groups excluding carboxylic acids is 1. The molecule has 0 saturated carbocycles. The molecule has 1 aromatic carbocycles. The molecule has 0 aliphatic carbocycles. The van der Waals surface area contributed by atoms with Crippen LogP contribution in [0, 0.1) is 10.1 Å². The van der Waals surface area contributed by atoms with E-state index in [0.29, 0.717) is 23.2 Å². The van der Waals surface area contributed by atoms with Gasteiger partial charge < -0.3 is 0 Å². The average Bonchev–Trinajstić information content (AvgIpc) is 2.21. The predicted octanol–water partition coefficient (Wildman–Crippen LogP) is 3.28. The van der Waals surface area contributed by atoms with E-state index in [1.54, 1.807) is 0 Å². The van der Waals surface area contributed by atoms with Crippen molar-refractivity contribution in [2.75, 3.05) is 0 Å². The number of non-ortho nitro benzene ring substituents is 1. The third kappa shape index (κ3) is 3.97. The lowest BCUT2D eigenvalue weighted by Crippen LogP contribution is -1.92. The van der Waals surface area contributed by atoms with Gasteiger partial charge in [0.25, 0.3) is 10.9 Å². The van der Waals surface area contributed by atoms with Crippen LogP contribution in [0.4, 0.5) is 8.55 Å². The van der Waals surface area contributed by atoms with Crippen LogP contribution in [0.25, 0.3) is 0 Å². The fraction of sp³-hybridized carbons (Fsp3) is 0. The van der Waals surface area contributed by atoms with Gasteiger partial charge in [0.2, 0.25) is 0 Å². The predicted molar refractivity (Wildman–Crippen MR) is 58.4 cm³/mol. The zero-order valence-electron chi connectivity index (χ0n) is 6.62. The fourth-order valence-electron chi connectivity index (χ4n) is 0.742. The van der Waals surface area contributed by atoms with Gasteiger partial charge in [-0.05, 0) is 17.7 Å². The molecule has 0 fully saturated rings. The van der Waals surface area contributed by atoms with Crippen molar-refractivity contribution < 1.29 is 12.6 Å². The lowest BCUT2D eigenvalue weighted by Gasteiger charge is -1.92. The minimum Gasteiger partial charge on any atom is -0.276 e. The Labute approximate surface area is 98.1 Å². The summed E-state index contributed by atoms with van der Waals surface area (Å²) in [5, 5.41) is 9.53. The number of nitro benzene ring substituents is 1. The Morgan fingerprint density at radius 2 is 2.07 bits per heavy atom. The van der Waals surface area contributed by atoms with Gasteiger partial charge in [0.15, 0.2) is 23.2 Å². The van der Waals surface area contributed by atoms with Crippen LogP contribution < -0.4 is 0 Å². The van der Waals surface area contributed by atoms with E-state index in [-0.39, 0.29) is 11.3 Å². The minimum atomic E-state index is -0.696. The summed E-state index contributed by atoms with van der Waals surface area (Å²) in [4.78, 5) is 20.2. The SMILES string of the molecule is FI.O=C(Cl)c1cccc([N+](=O)[O-])c1. The van der Waals surface area contributed by atoms with Gasteiger partial charge in [0.1, 0.15) is 0 Å². The number of benzene rings is 1. The maximum absolute atomic E-state index is 10.6. The van der Waals surface area contributed by atoms with Gasteiger partial charge in [0, 0.05) is 17.7 Å². The van der Waals surface area contributed by atoms with Crippen molar-refractivity contribution in [2.24, 2.45) is 0 Å². The molecular weight excluding hydrogens is 327 g/mol. The highest BCUT2D eigenvalue weighted by atomic mass is 127. The topological polar surface area (TPSA) is 60.2 Å². The Balaban J connectivity index is 0.000000791. The zero-order valence-corrected chi connectivity index (χ0v) is 9.53. The van der Waals surface area contributed by atoms with Crippen LogP contribution >= 0.6 is 34.8 Å². The molecule has 0 aliphatic rings. The van der Waals surface area contributed by atoms with E-state index < -0.39 is 10.2 Å². The number of hydrogen-bond donors (Lipinski definition) is 0. The lowest BCUT2D eigenvalue weighted by molar-refractivity contribution is -0.384. The minimum absolute atomic E-state index is 0.130. The Morgan fingerprint density at radius 3 is 2.50 bits per heavy atom. The van der Waals surface area contributed by atoms with E-state index in [0.717, 1.165) is 6.07 Å². The first kappa shape index (κ1) is 13.2. The van der Waals surface area contributed by atoms with Crippen LogP contribution in [0.2, 0.25) is 0 Å². The molecule has 0 spiro atoms. The van der Waals surface area contributed by atoms with Crippen LogP contribution in [0.5, 0.6) is 0 Å². The number of nitrogens with zero attached hydrogens (tertiary/aromatic N) is 1. The summed E-state index contributed by atoms with van der Waals surface area (Å²) < 4.78 is 9.47. The largest absolute Gasteiger partial charge is 0.276 e. The molecule has 1 aromatic rings. The maximum Gasteiger partial charge on any atom is 0.270 e. The molecule has 1 rings (SSSR count). The van der Waals surface area contributed by atoms with Gasteiger partial charge in [0.05, 0.1) is 4.92 Å². The summed E-state index contributed by atoms with van der Waals surface area (Å²) in [6.07, 6.45) is 0. The standard InChI is InChI=1S/C7H4ClNO3.FI/c8-7(10)5-2-1-3-6(4-5)9(11)12;1-2/h1-4H;. The fourth-order valence-corrected chi connectivity index (χ4v) is 0.859. The molecular formula is C7H4ClFINO3. The molecule has 0 heterocycles. The van der Waals surface area contributed by atoms with Crippen molar-refractivity contribution in [3.63, 3.8) is 0 Å². The third-order valence-electron chi connectivity index (χ3n) is 1.28. The van der Waals surface area contributed by atoms with Crippen LogP contribution in [-0.4, -0.2) is 10.2 Å². The average molecular weight is 331 g/mol. The van der Waals surface area contributed by atoms with E-state index in [1.807, 2.05) is 0 Å². The summed E-state index contributed by atoms with van der Waals surface area (Å²) in [5.41, 5.74) is -0.00707. The molecule has 7 heteroatoms. The quantitative estimate of drug-likeness (QED) is 0.362. The molecule has 0 saturated heterocycles. The highest BCUT2D eigenvalue weighted by Gasteiger charge is 2.08. The van der Waals surface area contributed by atoms with Gasteiger partial charge in [-0.15, -0.1) is 0 Å². The highest BCUT2D eigenvalue weighted by Crippen LogP contribution is 2.14. The second-order valence-electron chi connectivity index (χ2n) is 2.08. The van der Waals surface area contributed by atoms with Gasteiger partial charge in [-0.3, -0.25) is 14.9 Å². The molecule has 4 nitrogen and oxygen atoms in total. The van der Waals surface area contributed by atoms with E-state index in [1.165, 1.54) is 18.2 Å². The summed E-state index contributed by atoms with van der Waals surface area (Å²) in [6, 6.07) is 5.26. The van der Waals surface area contributed by atoms with Gasteiger partial charge in [-0.1, -0.05) is 6.07 Å². The number of nitro groups is 1. The van der Waals surface area contributed by atoms with Crippen LogP contribution in [0.15, 0.2) is 24.3 Å². The van der Waals surface area contributed by atoms with Gasteiger partial charge in [-0.2, -0.15) is 2.86 Å². The summed E-state index contributed by atoms with van der Waals surface area (Å²) in [7, 11) is 0. The highest BCUT2D eigenvalue weighted by molar-refractivity contribution is 14.1. The first-order valence-corrected chi connectivity index (χ1v) is 4.39. The Bertz CT molecular complexity index is 318. The summed E-state index contributed by atoms with van der Waals surface area (Å²) >= 11 is 5.77. The molecule has 0 unspecified atom stereocenters. The van der Waals surface area contributed by atoms with Crippen molar-refractivity contribution in [1.29, 1.82) is 0 Å². The van der Waals surface area contributed by atoms with Crippen molar-refractivity contribution >= 4 is 45.7 Å². The Kier molecular flexibility index (Phi) is 6.30. The molecule has 14 heavy (non-hydrogen) atoms. The van der Waals surface area contributed by atoms with E-state index in [4.69, 9.17) is 11.6 Å². The second kappa shape index (κ2) is 6.66. The van der Waals surface area contributed by atoms with E-state index >= 15 is 0 Å². The van der Waals surface area contributed by atoms with Crippen molar-refractivity contribution in [1.82, 2.24) is 0 Å². The Morgan fingerprint density at radius 1 is 1.50 bits per heavy atom. The zero-order chi connectivity index (χ0) is 11.1. The monoisotopic (exact) mass is 331 g/mol. The number of halogens is 3. The molecule has 0 radical (unpaired) electrons. The molecule has 0 aromatic heterocycles. The van der Waals surface area contributed by atoms with Crippen LogP contribution in [0.1, 0.15) is 10.4 Å². The molecule has 0 amide bonds. The third-order valence-corrected chi connectivity index (χ3v) is 1.50. The second-order valence-corrected chi connectivity index (χ2v) is 2.42. The first-order valence-electron chi connectivity index (χ1n) is 3.20. The number of hydrogen-bond acceptors (Lipinski definition) is 3. The summed E-state index contributed by atoms with van der Waals surface area (Å²) in [5.74, 6) is 0. The normalized spacial score (nSPS) is 8.50. The molecule has 76 valence electrons. The van der Waals surface area contributed by atoms with Crippen molar-refractivity contribution in [2.45, 2.75) is 0 Å². The van der Waals surface area contributed by atoms with Crippen molar-refractivity contribution in [3.8, 4) is 0 Å².